The lowest BCUT2D eigenvalue weighted by molar-refractivity contribution is -0.157. The number of alkyl carbamates (subject to hydrolysis) is 1. The Morgan fingerprint density at radius 1 is 0.537 bits per heavy atom. The molecule has 22 heteroatoms. The molecule has 9 amide bonds. The molecule has 1 aromatic carbocycles. The highest BCUT2D eigenvalue weighted by Gasteiger charge is 2.45. The monoisotopic (exact) mass is 1160 g/mol. The zero-order valence-electron chi connectivity index (χ0n) is 52.6. The number of aliphatic hydroxyl groups is 1. The van der Waals surface area contributed by atoms with E-state index >= 15 is 0 Å². The summed E-state index contributed by atoms with van der Waals surface area (Å²) in [5.41, 5.74) is 0.756. The van der Waals surface area contributed by atoms with Crippen molar-refractivity contribution in [1.82, 2.24) is 45.8 Å². The first-order valence-electron chi connectivity index (χ1n) is 28.8. The zero-order valence-corrected chi connectivity index (χ0v) is 52.6. The highest BCUT2D eigenvalue weighted by Crippen LogP contribution is 2.25. The third-order valence-corrected chi connectivity index (χ3v) is 14.7. The lowest BCUT2D eigenvalue weighted by Crippen LogP contribution is -2.63. The quantitative estimate of drug-likeness (QED) is 0.0516. The molecule has 11 atom stereocenters. The average molecular weight is 1160 g/mol. The standard InChI is InChI=1S/C60H101N9O13/c1-21-23-27-39(13)50(70)49(53(73)63-43(22-2)59(79)80)69(20)58(78)48(38(11)12)68(19)56(76)46(32-36(7)8)67(18)55(75)45(31-35(5)6)66(17)54(74)41(15)62-51(71)40(14)61-52(72)44(30-34(3)4)65(16)57(77)47(37(9)10)64-60(81)82-33-42-28-25-24-26-29-42/h21,23-26,28-29,34-41,43-50,70H,22,27,30-33H2,1-20H3,(H,61,72)(H,62,71)(H,63,73)(H,64,81)(H,79,80)/b23-21+/t39-,40+,41-,43+,44+,45+,46+,47+,48+,49+,50-/m1/s1. The molecular weight excluding hydrogens is 1050 g/mol. The van der Waals surface area contributed by atoms with E-state index in [-0.39, 0.29) is 50.0 Å². The topological polar surface area (TPSA) is 285 Å². The van der Waals surface area contributed by atoms with Gasteiger partial charge in [0.05, 0.1) is 6.10 Å². The average Bonchev–Trinajstić information content (AvgIpc) is 3.62. The number of hydrogen-bond acceptors (Lipinski definition) is 12. The Morgan fingerprint density at radius 3 is 1.46 bits per heavy atom. The summed E-state index contributed by atoms with van der Waals surface area (Å²) in [4.78, 5) is 145. The van der Waals surface area contributed by atoms with E-state index in [0.29, 0.717) is 6.42 Å². The molecular formula is C60H101N9O13. The number of benzene rings is 1. The van der Waals surface area contributed by atoms with Gasteiger partial charge in [0.25, 0.3) is 0 Å². The second-order valence-corrected chi connectivity index (χ2v) is 23.8. The summed E-state index contributed by atoms with van der Waals surface area (Å²) < 4.78 is 5.37. The fourth-order valence-electron chi connectivity index (χ4n) is 9.60. The minimum atomic E-state index is -1.55. The summed E-state index contributed by atoms with van der Waals surface area (Å²) in [7, 11) is 7.08. The minimum absolute atomic E-state index is 0.0171. The molecule has 22 nitrogen and oxygen atoms in total. The van der Waals surface area contributed by atoms with Crippen LogP contribution in [0.3, 0.4) is 0 Å². The van der Waals surface area contributed by atoms with Crippen LogP contribution in [0.5, 0.6) is 0 Å². The number of carbonyl (C=O) groups excluding carboxylic acids is 9. The molecule has 0 spiro atoms. The fourth-order valence-corrected chi connectivity index (χ4v) is 9.60. The maximum Gasteiger partial charge on any atom is 0.408 e. The highest BCUT2D eigenvalue weighted by molar-refractivity contribution is 5.98. The number of nitrogens with zero attached hydrogens (tertiary/aromatic N) is 5. The normalized spacial score (nSPS) is 15.7. The van der Waals surface area contributed by atoms with E-state index in [9.17, 15) is 58.2 Å². The molecule has 6 N–H and O–H groups in total. The second kappa shape index (κ2) is 34.8. The van der Waals surface area contributed by atoms with Gasteiger partial charge in [-0.25, -0.2) is 9.59 Å². The molecule has 0 unspecified atom stereocenters. The molecule has 0 aromatic heterocycles. The summed E-state index contributed by atoms with van der Waals surface area (Å²) in [5.74, 6) is -8.56. The van der Waals surface area contributed by atoms with E-state index in [0.717, 1.165) is 10.5 Å². The Balaban J connectivity index is 3.47. The van der Waals surface area contributed by atoms with Crippen LogP contribution in [-0.4, -0.2) is 190 Å². The summed E-state index contributed by atoms with van der Waals surface area (Å²) in [6, 6.07) is -1.89. The molecule has 0 saturated carbocycles. The van der Waals surface area contributed by atoms with Gasteiger partial charge in [-0.2, -0.15) is 0 Å². The molecule has 0 radical (unpaired) electrons. The van der Waals surface area contributed by atoms with E-state index in [1.807, 2.05) is 47.6 Å². The Labute approximate surface area is 488 Å². The van der Waals surface area contributed by atoms with Crippen LogP contribution in [0.2, 0.25) is 0 Å². The van der Waals surface area contributed by atoms with Crippen LogP contribution >= 0.6 is 0 Å². The van der Waals surface area contributed by atoms with Crippen molar-refractivity contribution >= 4 is 59.3 Å². The number of ether oxygens (including phenoxy) is 1. The third kappa shape index (κ3) is 22.0. The molecule has 0 bridgehead atoms. The van der Waals surface area contributed by atoms with Gasteiger partial charge in [0, 0.05) is 35.2 Å². The summed E-state index contributed by atoms with van der Waals surface area (Å²) in [6.45, 7) is 26.0. The number of nitrogens with one attached hydrogen (secondary N) is 4. The predicted octanol–water partition coefficient (Wildman–Crippen LogP) is 4.82. The zero-order chi connectivity index (χ0) is 63.2. The van der Waals surface area contributed by atoms with Crippen LogP contribution in [0, 0.1) is 35.5 Å². The number of aliphatic carboxylic acids is 1. The van der Waals surface area contributed by atoms with Crippen molar-refractivity contribution in [2.45, 2.75) is 203 Å². The molecule has 1 rings (SSSR count). The number of aliphatic hydroxyl groups excluding tert-OH is 1. The van der Waals surface area contributed by atoms with Crippen LogP contribution in [-0.2, 0) is 54.5 Å². The lowest BCUT2D eigenvalue weighted by Gasteiger charge is -2.41. The van der Waals surface area contributed by atoms with E-state index in [1.54, 1.807) is 84.9 Å². The minimum Gasteiger partial charge on any atom is -0.480 e. The predicted molar refractivity (Wildman–Crippen MR) is 314 cm³/mol. The summed E-state index contributed by atoms with van der Waals surface area (Å²) in [5, 5.41) is 31.8. The van der Waals surface area contributed by atoms with E-state index in [2.05, 4.69) is 21.3 Å². The van der Waals surface area contributed by atoms with E-state index < -0.39 is 138 Å². The SMILES string of the molecule is C/C=C/C[C@@H](C)[C@@H](O)[C@@H](C(=O)N[C@@H](CC)C(=O)O)N(C)C(=O)[C@H](C(C)C)N(C)C(=O)[C@H](CC(C)C)N(C)C(=O)[C@H](CC(C)C)N(C)C(=O)[C@@H](C)NC(=O)[C@H](C)NC(=O)[C@H](CC(C)C)N(C)C(=O)[C@@H](NC(=O)OCc1ccccc1)C(C)C. The number of rotatable bonds is 33. The first-order chi connectivity index (χ1) is 38.1. The van der Waals surface area contributed by atoms with Crippen LogP contribution < -0.4 is 21.3 Å². The van der Waals surface area contributed by atoms with Gasteiger partial charge in [0.15, 0.2) is 0 Å². The van der Waals surface area contributed by atoms with Gasteiger partial charge in [0.2, 0.25) is 47.3 Å². The number of hydrogen-bond donors (Lipinski definition) is 6. The van der Waals surface area contributed by atoms with Gasteiger partial charge < -0.3 is 60.7 Å². The van der Waals surface area contributed by atoms with Crippen LogP contribution in [0.4, 0.5) is 4.79 Å². The van der Waals surface area contributed by atoms with Crippen LogP contribution in [0.1, 0.15) is 142 Å². The molecule has 0 heterocycles. The smallest absolute Gasteiger partial charge is 0.408 e. The maximum atomic E-state index is 14.9. The number of carboxylic acids is 1. The van der Waals surface area contributed by atoms with Gasteiger partial charge in [-0.15, -0.1) is 0 Å². The molecule has 464 valence electrons. The number of likely N-dealkylation sites (N-methyl/N-ethyl adjacent to an activating group) is 5. The summed E-state index contributed by atoms with van der Waals surface area (Å²) >= 11 is 0. The third-order valence-electron chi connectivity index (χ3n) is 14.7. The lowest BCUT2D eigenvalue weighted by atomic mass is 9.91. The largest absolute Gasteiger partial charge is 0.480 e. The molecule has 1 aromatic rings. The van der Waals surface area contributed by atoms with Crippen molar-refractivity contribution in [1.29, 1.82) is 0 Å². The Morgan fingerprint density at radius 2 is 1.00 bits per heavy atom. The maximum absolute atomic E-state index is 14.9. The summed E-state index contributed by atoms with van der Waals surface area (Å²) in [6.07, 6.45) is 2.20. The van der Waals surface area contributed by atoms with Gasteiger partial charge in [-0.1, -0.05) is 126 Å². The Hall–Kier alpha value is -6.58. The van der Waals surface area contributed by atoms with Crippen LogP contribution in [0.15, 0.2) is 42.5 Å². The van der Waals surface area contributed by atoms with Crippen molar-refractivity contribution in [3.63, 3.8) is 0 Å². The van der Waals surface area contributed by atoms with Gasteiger partial charge in [-0.05, 0) is 93.9 Å². The van der Waals surface area contributed by atoms with Gasteiger partial charge in [0.1, 0.15) is 61.0 Å². The van der Waals surface area contributed by atoms with Crippen molar-refractivity contribution in [3.8, 4) is 0 Å². The Bertz CT molecular complexity index is 2310. The number of amides is 9. The van der Waals surface area contributed by atoms with Crippen molar-refractivity contribution in [3.05, 3.63) is 48.0 Å². The molecule has 82 heavy (non-hydrogen) atoms. The van der Waals surface area contributed by atoms with Gasteiger partial charge >= 0.3 is 12.1 Å². The van der Waals surface area contributed by atoms with Crippen molar-refractivity contribution in [2.24, 2.45) is 35.5 Å². The van der Waals surface area contributed by atoms with Crippen molar-refractivity contribution < 1.29 is 62.9 Å². The van der Waals surface area contributed by atoms with E-state index in [4.69, 9.17) is 4.74 Å². The molecule has 0 aliphatic rings. The first-order valence-corrected chi connectivity index (χ1v) is 28.8. The van der Waals surface area contributed by atoms with Crippen molar-refractivity contribution in [2.75, 3.05) is 35.2 Å². The molecule has 0 saturated heterocycles. The number of allylic oxidation sites excluding steroid dienone is 2. The molecule has 0 fully saturated rings. The van der Waals surface area contributed by atoms with E-state index in [1.165, 1.54) is 68.7 Å². The second-order valence-electron chi connectivity index (χ2n) is 23.8. The first kappa shape index (κ1) is 73.4. The molecule has 0 aliphatic heterocycles. The van der Waals surface area contributed by atoms with Crippen LogP contribution in [0.25, 0.3) is 0 Å². The number of carboxylic acid groups (broad SMARTS) is 1. The Kier molecular flexibility index (Phi) is 31.1. The molecule has 0 aliphatic carbocycles. The highest BCUT2D eigenvalue weighted by atomic mass is 16.5. The fraction of sp³-hybridized carbons (Fsp3) is 0.700. The van der Waals surface area contributed by atoms with Gasteiger partial charge in [-0.3, -0.25) is 38.4 Å². The number of carbonyl (C=O) groups is 10.